The first kappa shape index (κ1) is 15.5. The number of hydrogen-bond acceptors (Lipinski definition) is 2. The van der Waals surface area contributed by atoms with Gasteiger partial charge in [-0.15, -0.1) is 0 Å². The van der Waals surface area contributed by atoms with Crippen LogP contribution in [0.15, 0.2) is 90.2 Å². The molecular formula is C25H17NO2. The Morgan fingerprint density at radius 1 is 0.964 bits per heavy atom. The zero-order valence-electron chi connectivity index (χ0n) is 15.1. The quantitative estimate of drug-likeness (QED) is 0.623. The van der Waals surface area contributed by atoms with Gasteiger partial charge in [-0.1, -0.05) is 60.7 Å². The molecular weight excluding hydrogens is 346 g/mol. The van der Waals surface area contributed by atoms with Crippen LogP contribution in [-0.2, 0) is 6.42 Å². The molecule has 1 aliphatic carbocycles. The van der Waals surface area contributed by atoms with E-state index in [0.29, 0.717) is 6.42 Å². The highest BCUT2D eigenvalue weighted by atomic mass is 16.5. The minimum atomic E-state index is -0.593. The van der Waals surface area contributed by atoms with Crippen LogP contribution in [0.25, 0.3) is 16.8 Å². The van der Waals surface area contributed by atoms with Gasteiger partial charge in [0.1, 0.15) is 11.5 Å². The molecule has 2 aliphatic heterocycles. The number of rotatable bonds is 0. The molecule has 1 spiro atoms. The zero-order valence-corrected chi connectivity index (χ0v) is 15.1. The number of fused-ring (bicyclic) bond motifs is 5. The lowest BCUT2D eigenvalue weighted by molar-refractivity contribution is 0.0912. The van der Waals surface area contributed by atoms with E-state index in [-0.39, 0.29) is 5.91 Å². The predicted octanol–water partition coefficient (Wildman–Crippen LogP) is 4.79. The Labute approximate surface area is 162 Å². The SMILES string of the molecule is O=C1NC2(C=CC=C3Oc4ccccc4C=C32)Cc2cc3ccccc3cc21. The lowest BCUT2D eigenvalue weighted by Crippen LogP contribution is -2.55. The largest absolute Gasteiger partial charge is 0.456 e. The van der Waals surface area contributed by atoms with Gasteiger partial charge in [-0.2, -0.15) is 0 Å². The summed E-state index contributed by atoms with van der Waals surface area (Å²) in [7, 11) is 0. The molecule has 0 fully saturated rings. The second kappa shape index (κ2) is 5.46. The number of carbonyl (C=O) groups is 1. The van der Waals surface area contributed by atoms with Crippen molar-refractivity contribution < 1.29 is 9.53 Å². The Bertz CT molecular complexity index is 1260. The second-order valence-corrected chi connectivity index (χ2v) is 7.55. The van der Waals surface area contributed by atoms with Gasteiger partial charge in [0.2, 0.25) is 0 Å². The monoisotopic (exact) mass is 363 g/mol. The van der Waals surface area contributed by atoms with Gasteiger partial charge in [0.15, 0.2) is 0 Å². The van der Waals surface area contributed by atoms with Crippen molar-refractivity contribution in [3.05, 3.63) is 107 Å². The molecule has 1 unspecified atom stereocenters. The molecule has 3 aromatic carbocycles. The number of para-hydroxylation sites is 1. The molecule has 3 aliphatic rings. The van der Waals surface area contributed by atoms with Gasteiger partial charge < -0.3 is 10.1 Å². The third-order valence-corrected chi connectivity index (χ3v) is 5.84. The first-order chi connectivity index (χ1) is 13.7. The second-order valence-electron chi connectivity index (χ2n) is 7.55. The van der Waals surface area contributed by atoms with Gasteiger partial charge in [0, 0.05) is 23.1 Å². The summed E-state index contributed by atoms with van der Waals surface area (Å²) in [4.78, 5) is 13.1. The van der Waals surface area contributed by atoms with E-state index in [4.69, 9.17) is 4.74 Å². The number of amides is 1. The molecule has 134 valence electrons. The van der Waals surface area contributed by atoms with Crippen molar-refractivity contribution in [3.8, 4) is 5.75 Å². The van der Waals surface area contributed by atoms with E-state index in [0.717, 1.165) is 44.5 Å². The summed E-state index contributed by atoms with van der Waals surface area (Å²) in [6.07, 6.45) is 8.86. The molecule has 1 amide bonds. The van der Waals surface area contributed by atoms with Crippen LogP contribution >= 0.6 is 0 Å². The average Bonchev–Trinajstić information content (AvgIpc) is 2.72. The van der Waals surface area contributed by atoms with Crippen molar-refractivity contribution in [2.24, 2.45) is 0 Å². The van der Waals surface area contributed by atoms with Gasteiger partial charge in [0.05, 0.1) is 5.54 Å². The number of benzene rings is 3. The van der Waals surface area contributed by atoms with E-state index in [1.165, 1.54) is 0 Å². The molecule has 1 N–H and O–H groups in total. The van der Waals surface area contributed by atoms with E-state index in [9.17, 15) is 4.79 Å². The minimum Gasteiger partial charge on any atom is -0.456 e. The summed E-state index contributed by atoms with van der Waals surface area (Å²) < 4.78 is 6.15. The molecule has 3 nitrogen and oxygen atoms in total. The Morgan fingerprint density at radius 3 is 2.64 bits per heavy atom. The van der Waals surface area contributed by atoms with Crippen molar-refractivity contribution >= 4 is 22.8 Å². The molecule has 0 radical (unpaired) electrons. The summed E-state index contributed by atoms with van der Waals surface area (Å²) >= 11 is 0. The maximum atomic E-state index is 13.1. The van der Waals surface area contributed by atoms with Crippen LogP contribution in [0, 0.1) is 0 Å². The van der Waals surface area contributed by atoms with Gasteiger partial charge in [-0.05, 0) is 40.6 Å². The fourth-order valence-electron chi connectivity index (χ4n) is 4.48. The Kier molecular flexibility index (Phi) is 3.01. The van der Waals surface area contributed by atoms with Crippen LogP contribution in [0.4, 0.5) is 0 Å². The normalized spacial score (nSPS) is 21.8. The Balaban J connectivity index is 1.53. The number of nitrogens with one attached hydrogen (secondary N) is 1. The predicted molar refractivity (Wildman–Crippen MR) is 110 cm³/mol. The van der Waals surface area contributed by atoms with Crippen LogP contribution < -0.4 is 10.1 Å². The van der Waals surface area contributed by atoms with Crippen molar-refractivity contribution in [2.45, 2.75) is 12.0 Å². The van der Waals surface area contributed by atoms with Crippen molar-refractivity contribution in [2.75, 3.05) is 0 Å². The molecule has 1 atom stereocenters. The minimum absolute atomic E-state index is 0.0438. The lowest BCUT2D eigenvalue weighted by Gasteiger charge is -2.41. The standard InChI is InChI=1S/C25H17NO2/c27-24-20-13-17-7-2-1-6-16(17)12-19(20)15-25(26-24)11-5-10-23-21(25)14-18-8-3-4-9-22(18)28-23/h1-14H,15H2,(H,26,27). The first-order valence-electron chi connectivity index (χ1n) is 9.45. The maximum Gasteiger partial charge on any atom is 0.252 e. The third-order valence-electron chi connectivity index (χ3n) is 5.84. The summed E-state index contributed by atoms with van der Waals surface area (Å²) in [5, 5.41) is 5.51. The Morgan fingerprint density at radius 2 is 1.75 bits per heavy atom. The molecule has 3 aromatic rings. The van der Waals surface area contributed by atoms with Crippen molar-refractivity contribution in [1.82, 2.24) is 5.32 Å². The highest BCUT2D eigenvalue weighted by Crippen LogP contribution is 2.42. The zero-order chi connectivity index (χ0) is 18.7. The van der Waals surface area contributed by atoms with Crippen LogP contribution in [0.2, 0.25) is 0 Å². The first-order valence-corrected chi connectivity index (χ1v) is 9.45. The van der Waals surface area contributed by atoms with Gasteiger partial charge >= 0.3 is 0 Å². The third kappa shape index (κ3) is 2.13. The number of ether oxygens (including phenoxy) is 1. The lowest BCUT2D eigenvalue weighted by atomic mass is 9.74. The van der Waals surface area contributed by atoms with E-state index in [1.54, 1.807) is 0 Å². The molecule has 6 rings (SSSR count). The summed E-state index contributed by atoms with van der Waals surface area (Å²) in [5.74, 6) is 1.60. The molecule has 0 saturated carbocycles. The van der Waals surface area contributed by atoms with E-state index < -0.39 is 5.54 Å². The van der Waals surface area contributed by atoms with Gasteiger partial charge in [-0.3, -0.25) is 4.79 Å². The van der Waals surface area contributed by atoms with E-state index in [1.807, 2.05) is 60.7 Å². The summed E-state index contributed by atoms with van der Waals surface area (Å²) in [5.41, 5.74) is 3.26. The Hall–Kier alpha value is -3.59. The summed E-state index contributed by atoms with van der Waals surface area (Å²) in [6, 6.07) is 20.3. The highest BCUT2D eigenvalue weighted by Gasteiger charge is 2.43. The van der Waals surface area contributed by atoms with Gasteiger partial charge in [-0.25, -0.2) is 0 Å². The molecule has 2 heterocycles. The maximum absolute atomic E-state index is 13.1. The number of hydrogen-bond donors (Lipinski definition) is 1. The molecule has 28 heavy (non-hydrogen) atoms. The summed E-state index contributed by atoms with van der Waals surface area (Å²) in [6.45, 7) is 0. The van der Waals surface area contributed by atoms with Crippen LogP contribution in [-0.4, -0.2) is 11.4 Å². The topological polar surface area (TPSA) is 38.3 Å². The number of carbonyl (C=O) groups excluding carboxylic acids is 1. The van der Waals surface area contributed by atoms with Gasteiger partial charge in [0.25, 0.3) is 5.91 Å². The van der Waals surface area contributed by atoms with Crippen LogP contribution in [0.3, 0.4) is 0 Å². The number of allylic oxidation sites excluding steroid dienone is 2. The highest BCUT2D eigenvalue weighted by molar-refractivity contribution is 6.02. The average molecular weight is 363 g/mol. The van der Waals surface area contributed by atoms with E-state index >= 15 is 0 Å². The molecule has 0 aromatic heterocycles. The van der Waals surface area contributed by atoms with E-state index in [2.05, 4.69) is 29.6 Å². The smallest absolute Gasteiger partial charge is 0.252 e. The molecule has 0 saturated heterocycles. The van der Waals surface area contributed by atoms with Crippen LogP contribution in [0.5, 0.6) is 5.75 Å². The van der Waals surface area contributed by atoms with Crippen molar-refractivity contribution in [3.63, 3.8) is 0 Å². The molecule has 3 heteroatoms. The fourth-order valence-corrected chi connectivity index (χ4v) is 4.48. The fraction of sp³-hybridized carbons (Fsp3) is 0.0800. The van der Waals surface area contributed by atoms with Crippen LogP contribution in [0.1, 0.15) is 21.5 Å². The van der Waals surface area contributed by atoms with Crippen molar-refractivity contribution in [1.29, 1.82) is 0 Å². The molecule has 0 bridgehead atoms.